The molecule has 0 aliphatic carbocycles. The first-order chi connectivity index (χ1) is 7.40. The molecule has 2 nitrogen and oxygen atoms in total. The van der Waals surface area contributed by atoms with Gasteiger partial charge in [0.15, 0.2) is 0 Å². The Bertz CT molecular complexity index is 456. The van der Waals surface area contributed by atoms with E-state index in [4.69, 9.17) is 0 Å². The zero-order valence-electron chi connectivity index (χ0n) is 7.96. The zero-order chi connectivity index (χ0) is 10.5. The molecule has 1 aromatic heterocycles. The van der Waals surface area contributed by atoms with Crippen molar-refractivity contribution in [2.75, 3.05) is 0 Å². The standard InChI is InChI=1S/C12H9NOSe/c14-9-10-6-7-13-8-12(10)15-11-4-2-1-3-5-11/h1-9H. The molecule has 74 valence electrons. The molecule has 0 saturated carbocycles. The number of carbonyl (C=O) groups excluding carboxylic acids is 1. The topological polar surface area (TPSA) is 30.0 Å². The van der Waals surface area contributed by atoms with E-state index in [1.807, 2.05) is 18.2 Å². The molecule has 1 aromatic carbocycles. The number of hydrogen-bond acceptors (Lipinski definition) is 2. The molecule has 2 aromatic rings. The van der Waals surface area contributed by atoms with E-state index in [0.717, 1.165) is 16.3 Å². The Morgan fingerprint density at radius 3 is 2.67 bits per heavy atom. The summed E-state index contributed by atoms with van der Waals surface area (Å²) in [5.41, 5.74) is 0.744. The quantitative estimate of drug-likeness (QED) is 0.597. The van der Waals surface area contributed by atoms with Crippen LogP contribution < -0.4 is 8.92 Å². The summed E-state index contributed by atoms with van der Waals surface area (Å²) in [6.07, 6.45) is 4.31. The van der Waals surface area contributed by atoms with E-state index in [1.165, 1.54) is 4.46 Å². The Kier molecular flexibility index (Phi) is 3.28. The molecular weight excluding hydrogens is 253 g/mol. The molecule has 0 amide bonds. The average Bonchev–Trinajstić information content (AvgIpc) is 2.31. The van der Waals surface area contributed by atoms with Gasteiger partial charge in [0.25, 0.3) is 0 Å². The molecule has 0 unspecified atom stereocenters. The molecule has 1 heterocycles. The molecule has 0 bridgehead atoms. The molecule has 0 radical (unpaired) electrons. The third kappa shape index (κ3) is 2.52. The van der Waals surface area contributed by atoms with E-state index in [-0.39, 0.29) is 15.0 Å². The van der Waals surface area contributed by atoms with Crippen LogP contribution in [0.15, 0.2) is 48.8 Å². The SMILES string of the molecule is O=Cc1ccncc1[Se]c1ccccc1. The Labute approximate surface area is 94.5 Å². The van der Waals surface area contributed by atoms with Crippen LogP contribution >= 0.6 is 0 Å². The number of aromatic nitrogens is 1. The van der Waals surface area contributed by atoms with Crippen LogP contribution in [0.2, 0.25) is 0 Å². The predicted octanol–water partition coefficient (Wildman–Crippen LogP) is 0.549. The van der Waals surface area contributed by atoms with Gasteiger partial charge in [-0.2, -0.15) is 0 Å². The van der Waals surface area contributed by atoms with Crippen molar-refractivity contribution < 1.29 is 4.79 Å². The van der Waals surface area contributed by atoms with Crippen LogP contribution in [0.25, 0.3) is 0 Å². The van der Waals surface area contributed by atoms with Crippen molar-refractivity contribution in [3.8, 4) is 0 Å². The fourth-order valence-corrected chi connectivity index (χ4v) is 3.07. The number of hydrogen-bond donors (Lipinski definition) is 0. The van der Waals surface area contributed by atoms with Gasteiger partial charge in [-0.3, -0.25) is 0 Å². The van der Waals surface area contributed by atoms with Crippen LogP contribution in [0.4, 0.5) is 0 Å². The molecule has 0 fully saturated rings. The first-order valence-corrected chi connectivity index (χ1v) is 6.23. The second kappa shape index (κ2) is 4.87. The summed E-state index contributed by atoms with van der Waals surface area (Å²) >= 11 is 0.158. The third-order valence-electron chi connectivity index (χ3n) is 1.91. The third-order valence-corrected chi connectivity index (χ3v) is 4.16. The van der Waals surface area contributed by atoms with Crippen molar-refractivity contribution in [2.24, 2.45) is 0 Å². The maximum absolute atomic E-state index is 10.8. The number of rotatable bonds is 3. The fourth-order valence-electron chi connectivity index (χ4n) is 1.19. The van der Waals surface area contributed by atoms with E-state index in [0.29, 0.717) is 0 Å². The van der Waals surface area contributed by atoms with Gasteiger partial charge in [-0.05, 0) is 0 Å². The van der Waals surface area contributed by atoms with Gasteiger partial charge < -0.3 is 0 Å². The molecule has 2 rings (SSSR count). The first-order valence-electron chi connectivity index (χ1n) is 4.52. The Hall–Kier alpha value is -1.44. The minimum absolute atomic E-state index is 0.158. The van der Waals surface area contributed by atoms with Crippen LogP contribution in [0, 0.1) is 0 Å². The van der Waals surface area contributed by atoms with Gasteiger partial charge in [-0.15, -0.1) is 0 Å². The second-order valence-electron chi connectivity index (χ2n) is 2.95. The Balaban J connectivity index is 2.28. The van der Waals surface area contributed by atoms with Gasteiger partial charge in [-0.25, -0.2) is 0 Å². The summed E-state index contributed by atoms with van der Waals surface area (Å²) in [6.45, 7) is 0. The van der Waals surface area contributed by atoms with Crippen molar-refractivity contribution >= 4 is 30.2 Å². The Morgan fingerprint density at radius 1 is 1.13 bits per heavy atom. The molecular formula is C12H9NOSe. The van der Waals surface area contributed by atoms with Crippen LogP contribution in [0.5, 0.6) is 0 Å². The van der Waals surface area contributed by atoms with Crippen LogP contribution in [0.3, 0.4) is 0 Å². The number of benzene rings is 1. The predicted molar refractivity (Wildman–Crippen MR) is 61.1 cm³/mol. The van der Waals surface area contributed by atoms with Crippen molar-refractivity contribution in [3.05, 3.63) is 54.4 Å². The van der Waals surface area contributed by atoms with Gasteiger partial charge in [0.05, 0.1) is 0 Å². The number of aldehydes is 1. The number of pyridine rings is 1. The molecule has 3 heteroatoms. The van der Waals surface area contributed by atoms with E-state index in [2.05, 4.69) is 17.1 Å². The normalized spacial score (nSPS) is 9.87. The zero-order valence-corrected chi connectivity index (χ0v) is 9.67. The van der Waals surface area contributed by atoms with Gasteiger partial charge in [-0.1, -0.05) is 0 Å². The second-order valence-corrected chi connectivity index (χ2v) is 5.29. The summed E-state index contributed by atoms with van der Waals surface area (Å²) in [6, 6.07) is 11.9. The molecule has 0 N–H and O–H groups in total. The van der Waals surface area contributed by atoms with E-state index in [9.17, 15) is 4.79 Å². The van der Waals surface area contributed by atoms with Crippen LogP contribution in [-0.4, -0.2) is 26.2 Å². The van der Waals surface area contributed by atoms with E-state index in [1.54, 1.807) is 18.5 Å². The van der Waals surface area contributed by atoms with Crippen molar-refractivity contribution in [1.82, 2.24) is 4.98 Å². The van der Waals surface area contributed by atoms with E-state index >= 15 is 0 Å². The molecule has 15 heavy (non-hydrogen) atoms. The van der Waals surface area contributed by atoms with Crippen molar-refractivity contribution in [1.29, 1.82) is 0 Å². The van der Waals surface area contributed by atoms with Crippen LogP contribution in [0.1, 0.15) is 10.4 Å². The van der Waals surface area contributed by atoms with Gasteiger partial charge in [0.1, 0.15) is 0 Å². The monoisotopic (exact) mass is 263 g/mol. The average molecular weight is 262 g/mol. The van der Waals surface area contributed by atoms with Gasteiger partial charge in [0.2, 0.25) is 0 Å². The summed E-state index contributed by atoms with van der Waals surface area (Å²) in [5.74, 6) is 0. The van der Waals surface area contributed by atoms with E-state index < -0.39 is 0 Å². The van der Waals surface area contributed by atoms with Gasteiger partial charge in [0, 0.05) is 0 Å². The van der Waals surface area contributed by atoms with Crippen LogP contribution in [-0.2, 0) is 0 Å². The Morgan fingerprint density at radius 2 is 1.93 bits per heavy atom. The number of nitrogens with zero attached hydrogens (tertiary/aromatic N) is 1. The molecule has 0 spiro atoms. The molecule has 0 saturated heterocycles. The molecule has 0 aliphatic heterocycles. The molecule has 0 atom stereocenters. The van der Waals surface area contributed by atoms with Gasteiger partial charge >= 0.3 is 94.3 Å². The summed E-state index contributed by atoms with van der Waals surface area (Å²) in [7, 11) is 0. The van der Waals surface area contributed by atoms with Crippen molar-refractivity contribution in [2.45, 2.75) is 0 Å². The summed E-state index contributed by atoms with van der Waals surface area (Å²) < 4.78 is 2.28. The summed E-state index contributed by atoms with van der Waals surface area (Å²) in [5, 5.41) is 0. The minimum atomic E-state index is 0.158. The summed E-state index contributed by atoms with van der Waals surface area (Å²) in [4.78, 5) is 14.8. The molecule has 0 aliphatic rings. The number of carbonyl (C=O) groups is 1. The van der Waals surface area contributed by atoms with Crippen molar-refractivity contribution in [3.63, 3.8) is 0 Å². The first kappa shape index (κ1) is 10.1. The maximum atomic E-state index is 10.8. The fraction of sp³-hybridized carbons (Fsp3) is 0.